The summed E-state index contributed by atoms with van der Waals surface area (Å²) in [5.74, 6) is 0.782. The molecule has 2 aromatic carbocycles. The molecule has 0 radical (unpaired) electrons. The summed E-state index contributed by atoms with van der Waals surface area (Å²) in [6, 6.07) is 18.5. The van der Waals surface area contributed by atoms with Crippen LogP contribution in [-0.2, 0) is 25.6 Å². The number of pyridine rings is 1. The van der Waals surface area contributed by atoms with Crippen molar-refractivity contribution in [2.24, 2.45) is 0 Å². The van der Waals surface area contributed by atoms with Gasteiger partial charge >= 0.3 is 6.18 Å². The fourth-order valence-electron chi connectivity index (χ4n) is 4.59. The van der Waals surface area contributed by atoms with E-state index in [1.807, 2.05) is 36.4 Å². The first-order valence-corrected chi connectivity index (χ1v) is 11.9. The van der Waals surface area contributed by atoms with Crippen molar-refractivity contribution in [1.82, 2.24) is 9.47 Å². The highest BCUT2D eigenvalue weighted by molar-refractivity contribution is 5.34. The van der Waals surface area contributed by atoms with Crippen molar-refractivity contribution in [3.05, 3.63) is 101 Å². The summed E-state index contributed by atoms with van der Waals surface area (Å²) in [5.41, 5.74) is 2.85. The zero-order valence-electron chi connectivity index (χ0n) is 20.1. The van der Waals surface area contributed by atoms with Crippen molar-refractivity contribution in [3.63, 3.8) is 0 Å². The molecule has 8 heteroatoms. The van der Waals surface area contributed by atoms with Gasteiger partial charge in [0.25, 0.3) is 0 Å². The Bertz CT molecular complexity index is 1230. The van der Waals surface area contributed by atoms with E-state index < -0.39 is 17.8 Å². The minimum atomic E-state index is -4.48. The van der Waals surface area contributed by atoms with Crippen molar-refractivity contribution in [3.8, 4) is 5.75 Å². The molecule has 0 fully saturated rings. The van der Waals surface area contributed by atoms with Crippen LogP contribution >= 0.6 is 0 Å². The third-order valence-corrected chi connectivity index (χ3v) is 6.51. The smallest absolute Gasteiger partial charge is 0.417 e. The van der Waals surface area contributed by atoms with Crippen LogP contribution in [0.15, 0.2) is 72.9 Å². The van der Waals surface area contributed by atoms with Crippen LogP contribution in [0.5, 0.6) is 5.75 Å². The molecule has 36 heavy (non-hydrogen) atoms. The summed E-state index contributed by atoms with van der Waals surface area (Å²) < 4.78 is 45.4. The molecule has 0 bridgehead atoms. The van der Waals surface area contributed by atoms with Gasteiger partial charge in [-0.1, -0.05) is 42.5 Å². The Morgan fingerprint density at radius 2 is 1.75 bits per heavy atom. The summed E-state index contributed by atoms with van der Waals surface area (Å²) in [7, 11) is 1.63. The number of hydrogen-bond donors (Lipinski definition) is 2. The molecule has 0 saturated heterocycles. The van der Waals surface area contributed by atoms with Crippen LogP contribution in [0, 0.1) is 5.41 Å². The average molecular weight is 498 g/mol. The number of alkyl halides is 3. The summed E-state index contributed by atoms with van der Waals surface area (Å²) in [5, 5.41) is 18.7. The van der Waals surface area contributed by atoms with Gasteiger partial charge in [0.2, 0.25) is 0 Å². The van der Waals surface area contributed by atoms with Crippen LogP contribution in [0.25, 0.3) is 6.20 Å². The van der Waals surface area contributed by atoms with Crippen molar-refractivity contribution < 1.29 is 23.0 Å². The van der Waals surface area contributed by atoms with Gasteiger partial charge in [0.15, 0.2) is 0 Å². The number of nitrogens with zero attached hydrogens (tertiary/aromatic N) is 2. The number of aromatic nitrogens is 1. The summed E-state index contributed by atoms with van der Waals surface area (Å²) in [4.78, 5) is 2.27. The van der Waals surface area contributed by atoms with Gasteiger partial charge in [0.1, 0.15) is 11.2 Å². The van der Waals surface area contributed by atoms with Gasteiger partial charge in [-0.3, -0.25) is 10.3 Å². The molecule has 5 nitrogen and oxygen atoms in total. The van der Waals surface area contributed by atoms with Crippen molar-refractivity contribution >= 4 is 6.20 Å². The molecule has 3 aromatic rings. The molecular formula is C28H30F3N3O2. The fraction of sp³-hybridized carbons (Fsp3) is 0.321. The van der Waals surface area contributed by atoms with Crippen LogP contribution in [0.2, 0.25) is 0 Å². The minimum Gasteiger partial charge on any atom is -0.497 e. The lowest BCUT2D eigenvalue weighted by Gasteiger charge is -2.31. The highest BCUT2D eigenvalue weighted by Gasteiger charge is 2.31. The molecule has 1 heterocycles. The zero-order chi connectivity index (χ0) is 25.7. The highest BCUT2D eigenvalue weighted by Crippen LogP contribution is 2.29. The Balaban J connectivity index is 1.45. The number of methoxy groups -OCH3 is 1. The van der Waals surface area contributed by atoms with Gasteiger partial charge < -0.3 is 14.4 Å². The lowest BCUT2D eigenvalue weighted by Crippen LogP contribution is -2.40. The van der Waals surface area contributed by atoms with E-state index >= 15 is 0 Å². The second kappa shape index (κ2) is 11.1. The standard InChI is InChI=1S/C28H30F3N3O2/c1-36-26-11-8-20(9-12-26)17-34(24-15-21-5-2-3-6-22(21)16-24)19-25(35)7-4-14-33-18-23(28(29,30)31)10-13-27(33)32/h2-6,8-14,18,24-25,32,35H,7,15-17,19H2,1H3/b14-4+,32-27?. The minimum absolute atomic E-state index is 0.0707. The number of aliphatic hydroxyl groups excluding tert-OH is 1. The van der Waals surface area contributed by atoms with E-state index in [0.29, 0.717) is 13.1 Å². The predicted molar refractivity (Wildman–Crippen MR) is 132 cm³/mol. The van der Waals surface area contributed by atoms with Crippen molar-refractivity contribution in [1.29, 1.82) is 5.41 Å². The molecule has 0 saturated carbocycles. The number of rotatable bonds is 9. The first-order chi connectivity index (χ1) is 17.2. The molecule has 1 atom stereocenters. The Morgan fingerprint density at radius 1 is 1.08 bits per heavy atom. The van der Waals surface area contributed by atoms with E-state index in [0.717, 1.165) is 47.1 Å². The number of benzene rings is 2. The van der Waals surface area contributed by atoms with Gasteiger partial charge in [-0.15, -0.1) is 0 Å². The highest BCUT2D eigenvalue weighted by atomic mass is 19.4. The Kier molecular flexibility index (Phi) is 7.96. The quantitative estimate of drug-likeness (QED) is 0.443. The number of halogens is 3. The molecule has 1 aromatic heterocycles. The van der Waals surface area contributed by atoms with Crippen LogP contribution in [0.4, 0.5) is 13.2 Å². The Labute approximate surface area is 208 Å². The van der Waals surface area contributed by atoms with Crippen LogP contribution in [0.3, 0.4) is 0 Å². The second-order valence-electron chi connectivity index (χ2n) is 9.09. The van der Waals surface area contributed by atoms with E-state index in [-0.39, 0.29) is 18.0 Å². The maximum Gasteiger partial charge on any atom is 0.417 e. The third-order valence-electron chi connectivity index (χ3n) is 6.51. The maximum atomic E-state index is 13.0. The van der Waals surface area contributed by atoms with E-state index in [4.69, 9.17) is 10.1 Å². The predicted octanol–water partition coefficient (Wildman–Crippen LogP) is 4.89. The van der Waals surface area contributed by atoms with Crippen LogP contribution < -0.4 is 10.2 Å². The zero-order valence-corrected chi connectivity index (χ0v) is 20.1. The molecule has 2 N–H and O–H groups in total. The van der Waals surface area contributed by atoms with Gasteiger partial charge in [-0.2, -0.15) is 13.2 Å². The van der Waals surface area contributed by atoms with Crippen LogP contribution in [0.1, 0.15) is 28.7 Å². The fourth-order valence-corrected chi connectivity index (χ4v) is 4.59. The molecule has 0 amide bonds. The van der Waals surface area contributed by atoms with E-state index in [9.17, 15) is 18.3 Å². The van der Waals surface area contributed by atoms with Crippen LogP contribution in [-0.4, -0.2) is 40.4 Å². The van der Waals surface area contributed by atoms with Gasteiger partial charge in [0.05, 0.1) is 18.8 Å². The van der Waals surface area contributed by atoms with E-state index in [1.54, 1.807) is 13.2 Å². The Morgan fingerprint density at radius 3 is 2.36 bits per heavy atom. The third kappa shape index (κ3) is 6.44. The lowest BCUT2D eigenvalue weighted by atomic mass is 10.1. The van der Waals surface area contributed by atoms with Gasteiger partial charge in [-0.05, 0) is 60.2 Å². The molecule has 0 aliphatic heterocycles. The van der Waals surface area contributed by atoms with Crippen molar-refractivity contribution in [2.75, 3.05) is 13.7 Å². The number of hydrogen-bond acceptors (Lipinski definition) is 4. The Hall–Kier alpha value is -3.36. The SMILES string of the molecule is COc1ccc(CN(CC(O)C/C=C/n2cc(C(F)(F)F)ccc2=N)C2Cc3ccccc3C2)cc1. The van der Waals surface area contributed by atoms with Gasteiger partial charge in [-0.25, -0.2) is 0 Å². The average Bonchev–Trinajstić information content (AvgIpc) is 3.29. The monoisotopic (exact) mass is 497 g/mol. The number of nitrogens with one attached hydrogen (secondary N) is 1. The lowest BCUT2D eigenvalue weighted by molar-refractivity contribution is -0.137. The largest absolute Gasteiger partial charge is 0.497 e. The normalized spacial score (nSPS) is 14.9. The first kappa shape index (κ1) is 25.7. The van der Waals surface area contributed by atoms with E-state index in [1.165, 1.54) is 17.3 Å². The topological polar surface area (TPSA) is 61.5 Å². The molecule has 1 aliphatic carbocycles. The molecule has 1 aliphatic rings. The first-order valence-electron chi connectivity index (χ1n) is 11.9. The molecule has 4 rings (SSSR count). The van der Waals surface area contributed by atoms with Gasteiger partial charge in [0, 0.05) is 31.5 Å². The van der Waals surface area contributed by atoms with E-state index in [2.05, 4.69) is 17.0 Å². The molecule has 190 valence electrons. The summed E-state index contributed by atoms with van der Waals surface area (Å²) in [6.07, 6.45) is 0.748. The maximum absolute atomic E-state index is 13.0. The molecular weight excluding hydrogens is 467 g/mol. The molecule has 0 spiro atoms. The van der Waals surface area contributed by atoms with Crippen molar-refractivity contribution in [2.45, 2.75) is 44.1 Å². The number of aliphatic hydroxyl groups is 1. The number of fused-ring (bicyclic) bond motifs is 1. The number of ether oxygens (including phenoxy) is 1. The summed E-state index contributed by atoms with van der Waals surface area (Å²) in [6.45, 7) is 1.07. The second-order valence-corrected chi connectivity index (χ2v) is 9.09. The summed E-state index contributed by atoms with van der Waals surface area (Å²) >= 11 is 0. The molecule has 1 unspecified atom stereocenters.